The van der Waals surface area contributed by atoms with Gasteiger partial charge in [-0.05, 0) is 42.0 Å². The minimum absolute atomic E-state index is 0.0683. The predicted octanol–water partition coefficient (Wildman–Crippen LogP) is 4.73. The summed E-state index contributed by atoms with van der Waals surface area (Å²) in [6.45, 7) is 0.0997. The maximum atomic E-state index is 13.2. The molecule has 2 heterocycles. The van der Waals surface area contributed by atoms with Gasteiger partial charge >= 0.3 is 0 Å². The van der Waals surface area contributed by atoms with Crippen LogP contribution in [0.2, 0.25) is 5.02 Å². The van der Waals surface area contributed by atoms with Gasteiger partial charge in [-0.1, -0.05) is 23.6 Å². The summed E-state index contributed by atoms with van der Waals surface area (Å²) < 4.78 is 37.4. The van der Waals surface area contributed by atoms with Crippen LogP contribution in [0, 0.1) is 12.3 Å². The zero-order chi connectivity index (χ0) is 22.9. The monoisotopic (exact) mass is 487 g/mol. The molecule has 4 rings (SSSR count). The van der Waals surface area contributed by atoms with E-state index in [9.17, 15) is 13.2 Å². The molecule has 0 radical (unpaired) electrons. The van der Waals surface area contributed by atoms with Crippen molar-refractivity contribution in [3.8, 4) is 23.8 Å². The van der Waals surface area contributed by atoms with Crippen molar-refractivity contribution in [3.05, 3.63) is 63.3 Å². The van der Waals surface area contributed by atoms with E-state index in [1.807, 2.05) is 6.07 Å². The van der Waals surface area contributed by atoms with E-state index in [0.717, 1.165) is 10.4 Å². The smallest absolute Gasteiger partial charge is 0.225 e. The Morgan fingerprint density at radius 3 is 2.66 bits per heavy atom. The number of methoxy groups -OCH3 is 1. The molecule has 0 aliphatic carbocycles. The first-order chi connectivity index (χ1) is 15.3. The molecule has 0 unspecified atom stereocenters. The maximum Gasteiger partial charge on any atom is 0.225 e. The van der Waals surface area contributed by atoms with Crippen molar-refractivity contribution in [2.75, 3.05) is 19.0 Å². The van der Waals surface area contributed by atoms with E-state index in [4.69, 9.17) is 27.5 Å². The van der Waals surface area contributed by atoms with Crippen molar-refractivity contribution in [3.63, 3.8) is 0 Å². The van der Waals surface area contributed by atoms with Gasteiger partial charge in [-0.2, -0.15) is 0 Å². The third-order valence-electron chi connectivity index (χ3n) is 5.07. The van der Waals surface area contributed by atoms with Crippen molar-refractivity contribution in [2.24, 2.45) is 0 Å². The number of terminal acetylenes is 1. The first-order valence-corrected chi connectivity index (χ1v) is 12.2. The van der Waals surface area contributed by atoms with Crippen molar-refractivity contribution >= 4 is 44.4 Å². The van der Waals surface area contributed by atoms with Crippen LogP contribution in [0.1, 0.15) is 22.8 Å². The van der Waals surface area contributed by atoms with E-state index < -0.39 is 9.84 Å². The molecule has 3 aromatic rings. The molecule has 0 fully saturated rings. The molecule has 0 saturated carbocycles. The summed E-state index contributed by atoms with van der Waals surface area (Å²) in [5.41, 5.74) is 1.13. The Morgan fingerprint density at radius 2 is 1.97 bits per heavy atom. The lowest BCUT2D eigenvalue weighted by atomic mass is 9.90. The molecule has 1 amide bonds. The van der Waals surface area contributed by atoms with E-state index in [2.05, 4.69) is 11.2 Å². The van der Waals surface area contributed by atoms with Gasteiger partial charge in [0.15, 0.2) is 11.5 Å². The van der Waals surface area contributed by atoms with Crippen LogP contribution in [0.15, 0.2) is 57.6 Å². The van der Waals surface area contributed by atoms with Crippen LogP contribution in [0.25, 0.3) is 0 Å². The van der Waals surface area contributed by atoms with E-state index in [-0.39, 0.29) is 34.6 Å². The van der Waals surface area contributed by atoms with Gasteiger partial charge in [-0.3, -0.25) is 4.79 Å². The zero-order valence-corrected chi connectivity index (χ0v) is 19.3. The number of halogens is 1. The fourth-order valence-corrected chi connectivity index (χ4v) is 6.59. The lowest BCUT2D eigenvalue weighted by Gasteiger charge is -2.24. The number of hydrogen-bond acceptors (Lipinski definition) is 6. The number of carbonyl (C=O) groups excluding carboxylic acids is 1. The molecule has 1 N–H and O–H groups in total. The van der Waals surface area contributed by atoms with Crippen molar-refractivity contribution in [1.82, 2.24) is 0 Å². The third kappa shape index (κ3) is 4.07. The highest BCUT2D eigenvalue weighted by atomic mass is 35.5. The van der Waals surface area contributed by atoms with Crippen molar-refractivity contribution in [2.45, 2.75) is 22.1 Å². The Hall–Kier alpha value is -2.99. The summed E-state index contributed by atoms with van der Waals surface area (Å²) in [4.78, 5) is 13.5. The van der Waals surface area contributed by atoms with Crippen LogP contribution >= 0.6 is 22.9 Å². The number of rotatable bonds is 6. The molecule has 1 aromatic heterocycles. The van der Waals surface area contributed by atoms with Crippen LogP contribution in [-0.2, 0) is 14.6 Å². The van der Waals surface area contributed by atoms with Gasteiger partial charge in [0.1, 0.15) is 11.5 Å². The molecule has 2 aromatic carbocycles. The standard InChI is InChI=1S/C23H18ClNO5S2/c1-3-10-30-18-9-4-14(11-19(18)29-2)17-12-21(26)25-22-20(13-31-23(17)22)32(27,28)16-7-5-15(24)6-8-16/h1,4-9,11,13,17H,10,12H2,2H3,(H,25,26)/t17-/m0/s1. The zero-order valence-electron chi connectivity index (χ0n) is 16.9. The van der Waals surface area contributed by atoms with Crippen LogP contribution in [-0.4, -0.2) is 28.0 Å². The van der Waals surface area contributed by atoms with E-state index in [1.165, 1.54) is 42.7 Å². The summed E-state index contributed by atoms with van der Waals surface area (Å²) in [6, 6.07) is 11.3. The second-order valence-electron chi connectivity index (χ2n) is 7.00. The highest BCUT2D eigenvalue weighted by Crippen LogP contribution is 2.47. The normalized spacial score (nSPS) is 15.4. The van der Waals surface area contributed by atoms with Crippen LogP contribution in [0.5, 0.6) is 11.5 Å². The highest BCUT2D eigenvalue weighted by molar-refractivity contribution is 7.91. The minimum Gasteiger partial charge on any atom is -0.493 e. The molecule has 0 spiro atoms. The largest absolute Gasteiger partial charge is 0.493 e. The van der Waals surface area contributed by atoms with Gasteiger partial charge in [-0.25, -0.2) is 8.42 Å². The van der Waals surface area contributed by atoms with Crippen molar-refractivity contribution in [1.29, 1.82) is 0 Å². The van der Waals surface area contributed by atoms with Gasteiger partial charge in [0.25, 0.3) is 0 Å². The average Bonchev–Trinajstić information content (AvgIpc) is 3.22. The Labute approximate surface area is 195 Å². The van der Waals surface area contributed by atoms with Gasteiger partial charge < -0.3 is 14.8 Å². The Balaban J connectivity index is 1.76. The lowest BCUT2D eigenvalue weighted by molar-refractivity contribution is -0.116. The molecule has 1 atom stereocenters. The average molecular weight is 488 g/mol. The lowest BCUT2D eigenvalue weighted by Crippen LogP contribution is -2.23. The summed E-state index contributed by atoms with van der Waals surface area (Å²) in [7, 11) is -2.32. The molecule has 0 saturated heterocycles. The van der Waals surface area contributed by atoms with E-state index >= 15 is 0 Å². The summed E-state index contributed by atoms with van der Waals surface area (Å²) in [5.74, 6) is 2.79. The molecule has 9 heteroatoms. The Morgan fingerprint density at radius 1 is 1.22 bits per heavy atom. The topological polar surface area (TPSA) is 81.7 Å². The first kappa shape index (κ1) is 22.2. The molecule has 6 nitrogen and oxygen atoms in total. The van der Waals surface area contributed by atoms with E-state index in [0.29, 0.717) is 22.2 Å². The quantitative estimate of drug-likeness (QED) is 0.508. The minimum atomic E-state index is -3.84. The Kier molecular flexibility index (Phi) is 6.15. The number of nitrogens with one attached hydrogen (secondary N) is 1. The van der Waals surface area contributed by atoms with Crippen molar-refractivity contribution < 1.29 is 22.7 Å². The number of amides is 1. The number of thiophene rings is 1. The van der Waals surface area contributed by atoms with Crippen LogP contribution in [0.3, 0.4) is 0 Å². The van der Waals surface area contributed by atoms with Gasteiger partial charge in [0.2, 0.25) is 15.7 Å². The molecule has 0 bridgehead atoms. The number of sulfone groups is 1. The molecule has 32 heavy (non-hydrogen) atoms. The molecular weight excluding hydrogens is 470 g/mol. The summed E-state index contributed by atoms with van der Waals surface area (Å²) in [5, 5.41) is 4.75. The third-order valence-corrected chi connectivity index (χ3v) is 8.36. The number of hydrogen-bond donors (Lipinski definition) is 1. The van der Waals surface area contributed by atoms with Gasteiger partial charge in [-0.15, -0.1) is 17.8 Å². The maximum absolute atomic E-state index is 13.2. The molecular formula is C23H18ClNO5S2. The summed E-state index contributed by atoms with van der Waals surface area (Å²) in [6.07, 6.45) is 5.44. The number of benzene rings is 2. The second kappa shape index (κ2) is 8.87. The molecule has 1 aliphatic rings. The Bertz CT molecular complexity index is 1320. The van der Waals surface area contributed by atoms with E-state index in [1.54, 1.807) is 17.5 Å². The number of anilines is 1. The highest BCUT2D eigenvalue weighted by Gasteiger charge is 2.34. The first-order valence-electron chi connectivity index (χ1n) is 9.51. The SMILES string of the molecule is C#CCOc1ccc([C@@H]2CC(=O)Nc3c(S(=O)(=O)c4ccc(Cl)cc4)csc32)cc1OC. The van der Waals surface area contributed by atoms with Gasteiger partial charge in [0.05, 0.1) is 17.7 Å². The summed E-state index contributed by atoms with van der Waals surface area (Å²) >= 11 is 7.19. The van der Waals surface area contributed by atoms with Crippen LogP contribution < -0.4 is 14.8 Å². The molecule has 164 valence electrons. The van der Waals surface area contributed by atoms with Gasteiger partial charge in [0, 0.05) is 27.6 Å². The number of carbonyl (C=O) groups is 1. The predicted molar refractivity (Wildman–Crippen MR) is 124 cm³/mol. The number of ether oxygens (including phenoxy) is 2. The molecule has 1 aliphatic heterocycles. The van der Waals surface area contributed by atoms with Crippen LogP contribution in [0.4, 0.5) is 5.69 Å². The number of fused-ring (bicyclic) bond motifs is 1. The fraction of sp³-hybridized carbons (Fsp3) is 0.174. The fourth-order valence-electron chi connectivity index (χ4n) is 3.55. The second-order valence-corrected chi connectivity index (χ2v) is 10.3.